The van der Waals surface area contributed by atoms with Crippen molar-refractivity contribution in [2.24, 2.45) is 5.41 Å². The van der Waals surface area contributed by atoms with Gasteiger partial charge in [-0.2, -0.15) is 0 Å². The molecule has 0 radical (unpaired) electrons. The molecule has 0 saturated heterocycles. The van der Waals surface area contributed by atoms with Gasteiger partial charge in [0, 0.05) is 0 Å². The van der Waals surface area contributed by atoms with Crippen LogP contribution in [0.15, 0.2) is 12.2 Å². The van der Waals surface area contributed by atoms with E-state index in [1.807, 2.05) is 27.7 Å². The first-order chi connectivity index (χ1) is 10.7. The molecule has 0 aliphatic carbocycles. The lowest BCUT2D eigenvalue weighted by Crippen LogP contribution is -2.38. The molecule has 6 heteroatoms. The fourth-order valence-corrected chi connectivity index (χ4v) is 1.69. The van der Waals surface area contributed by atoms with Crippen molar-refractivity contribution in [3.05, 3.63) is 12.2 Å². The summed E-state index contributed by atoms with van der Waals surface area (Å²) in [7, 11) is 0. The lowest BCUT2D eigenvalue weighted by atomic mass is 9.90. The van der Waals surface area contributed by atoms with E-state index in [1.54, 1.807) is 13.0 Å². The van der Waals surface area contributed by atoms with Crippen molar-refractivity contribution in [1.82, 2.24) is 0 Å². The van der Waals surface area contributed by atoms with E-state index in [2.05, 4.69) is 0 Å². The molecule has 0 heterocycles. The molecule has 6 nitrogen and oxygen atoms in total. The first-order valence-electron chi connectivity index (χ1n) is 7.95. The number of hydrogen-bond acceptors (Lipinski definition) is 6. The summed E-state index contributed by atoms with van der Waals surface area (Å²) >= 11 is 0. The Morgan fingerprint density at radius 1 is 0.870 bits per heavy atom. The Labute approximate surface area is 139 Å². The molecule has 0 saturated carbocycles. The third kappa shape index (κ3) is 8.71. The quantitative estimate of drug-likeness (QED) is 0.251. The molecular formula is C17H30O6. The highest BCUT2D eigenvalue weighted by Gasteiger charge is 2.42. The maximum absolute atomic E-state index is 12.2. The second kappa shape index (κ2) is 11.2. The number of hydrogen-bond donors (Lipinski definition) is 0. The standard InChI is InChI=1S/C17H30O6/c1-7-8-17(6,15(18)22-11-9-20-13(2)3)16(19)23-12-10-21-14(4)5/h7-8,13-14H,9-12H2,1-6H3. The van der Waals surface area contributed by atoms with Gasteiger partial charge in [0.2, 0.25) is 0 Å². The molecule has 0 aromatic rings. The van der Waals surface area contributed by atoms with Crippen molar-refractivity contribution in [3.8, 4) is 0 Å². The maximum atomic E-state index is 12.2. The van der Waals surface area contributed by atoms with Gasteiger partial charge in [-0.25, -0.2) is 0 Å². The molecule has 134 valence electrons. The molecule has 0 rings (SSSR count). The summed E-state index contributed by atoms with van der Waals surface area (Å²) in [6.45, 7) is 11.5. The summed E-state index contributed by atoms with van der Waals surface area (Å²) in [4.78, 5) is 24.4. The number of ether oxygens (including phenoxy) is 4. The van der Waals surface area contributed by atoms with E-state index < -0.39 is 17.4 Å². The second-order valence-corrected chi connectivity index (χ2v) is 5.81. The van der Waals surface area contributed by atoms with Gasteiger partial charge in [-0.1, -0.05) is 12.2 Å². The third-order valence-electron chi connectivity index (χ3n) is 2.88. The second-order valence-electron chi connectivity index (χ2n) is 5.81. The Hall–Kier alpha value is -1.40. The predicted molar refractivity (Wildman–Crippen MR) is 87.0 cm³/mol. The predicted octanol–water partition coefficient (Wildman–Crippen LogP) is 2.51. The van der Waals surface area contributed by atoms with Crippen LogP contribution in [0.4, 0.5) is 0 Å². The molecule has 0 fully saturated rings. The fourth-order valence-electron chi connectivity index (χ4n) is 1.69. The van der Waals surface area contributed by atoms with Crippen LogP contribution in [-0.4, -0.2) is 50.6 Å². The van der Waals surface area contributed by atoms with E-state index >= 15 is 0 Å². The Morgan fingerprint density at radius 3 is 1.57 bits per heavy atom. The first-order valence-corrected chi connectivity index (χ1v) is 7.95. The van der Waals surface area contributed by atoms with E-state index in [4.69, 9.17) is 18.9 Å². The van der Waals surface area contributed by atoms with Gasteiger partial charge in [0.15, 0.2) is 5.41 Å². The highest BCUT2D eigenvalue weighted by atomic mass is 16.6. The molecule has 0 unspecified atom stereocenters. The van der Waals surface area contributed by atoms with Crippen LogP contribution in [-0.2, 0) is 28.5 Å². The van der Waals surface area contributed by atoms with E-state index in [0.717, 1.165) is 0 Å². The monoisotopic (exact) mass is 330 g/mol. The van der Waals surface area contributed by atoms with Crippen LogP contribution >= 0.6 is 0 Å². The summed E-state index contributed by atoms with van der Waals surface area (Å²) in [5.74, 6) is -1.31. The molecule has 0 aliphatic heterocycles. The van der Waals surface area contributed by atoms with Gasteiger partial charge in [-0.05, 0) is 41.5 Å². The summed E-state index contributed by atoms with van der Waals surface area (Å²) < 4.78 is 20.9. The number of allylic oxidation sites excluding steroid dienone is 1. The van der Waals surface area contributed by atoms with Crippen molar-refractivity contribution < 1.29 is 28.5 Å². The minimum absolute atomic E-state index is 0.0570. The van der Waals surface area contributed by atoms with Gasteiger partial charge in [-0.15, -0.1) is 0 Å². The van der Waals surface area contributed by atoms with Gasteiger partial charge < -0.3 is 18.9 Å². The Bertz CT molecular complexity index is 359. The average Bonchev–Trinajstić information content (AvgIpc) is 2.47. The molecule has 0 bridgehead atoms. The van der Waals surface area contributed by atoms with Crippen molar-refractivity contribution in [3.63, 3.8) is 0 Å². The number of carbonyl (C=O) groups excluding carboxylic acids is 2. The Balaban J connectivity index is 4.51. The van der Waals surface area contributed by atoms with E-state index in [1.165, 1.54) is 13.0 Å². The number of esters is 2. The maximum Gasteiger partial charge on any atom is 0.327 e. The SMILES string of the molecule is CC=CC(C)(C(=O)OCCOC(C)C)C(=O)OCCOC(C)C. The molecule has 23 heavy (non-hydrogen) atoms. The smallest absolute Gasteiger partial charge is 0.327 e. The Kier molecular flexibility index (Phi) is 10.5. The summed E-state index contributed by atoms with van der Waals surface area (Å²) in [6, 6.07) is 0. The normalized spacial score (nSPS) is 12.2. The van der Waals surface area contributed by atoms with Crippen LogP contribution in [0.25, 0.3) is 0 Å². The molecule has 0 aliphatic rings. The highest BCUT2D eigenvalue weighted by molar-refractivity contribution is 6.01. The molecule has 0 spiro atoms. The topological polar surface area (TPSA) is 71.1 Å². The zero-order valence-corrected chi connectivity index (χ0v) is 15.1. The van der Waals surface area contributed by atoms with Crippen molar-refractivity contribution in [2.75, 3.05) is 26.4 Å². The van der Waals surface area contributed by atoms with Crippen LogP contribution in [0.3, 0.4) is 0 Å². The van der Waals surface area contributed by atoms with Crippen LogP contribution < -0.4 is 0 Å². The molecule has 0 N–H and O–H groups in total. The van der Waals surface area contributed by atoms with Crippen molar-refractivity contribution in [2.45, 2.75) is 53.8 Å². The molecular weight excluding hydrogens is 300 g/mol. The van der Waals surface area contributed by atoms with E-state index in [9.17, 15) is 9.59 Å². The zero-order chi connectivity index (χ0) is 17.9. The zero-order valence-electron chi connectivity index (χ0n) is 15.1. The van der Waals surface area contributed by atoms with Gasteiger partial charge >= 0.3 is 11.9 Å². The summed E-state index contributed by atoms with van der Waals surface area (Å²) in [5, 5.41) is 0. The fraction of sp³-hybridized carbons (Fsp3) is 0.765. The summed E-state index contributed by atoms with van der Waals surface area (Å²) in [6.07, 6.45) is 3.21. The van der Waals surface area contributed by atoms with Crippen molar-refractivity contribution in [1.29, 1.82) is 0 Å². The van der Waals surface area contributed by atoms with Gasteiger partial charge in [0.25, 0.3) is 0 Å². The molecule has 0 amide bonds. The Morgan fingerprint density at radius 2 is 1.26 bits per heavy atom. The van der Waals surface area contributed by atoms with E-state index in [-0.39, 0.29) is 38.6 Å². The lowest BCUT2D eigenvalue weighted by molar-refractivity contribution is -0.169. The molecule has 0 atom stereocenters. The van der Waals surface area contributed by atoms with E-state index in [0.29, 0.717) is 0 Å². The van der Waals surface area contributed by atoms with Crippen LogP contribution in [0.5, 0.6) is 0 Å². The van der Waals surface area contributed by atoms with Gasteiger partial charge in [-0.3, -0.25) is 9.59 Å². The largest absolute Gasteiger partial charge is 0.462 e. The highest BCUT2D eigenvalue weighted by Crippen LogP contribution is 2.23. The minimum Gasteiger partial charge on any atom is -0.462 e. The first kappa shape index (κ1) is 21.6. The van der Waals surface area contributed by atoms with Crippen LogP contribution in [0, 0.1) is 5.41 Å². The lowest BCUT2D eigenvalue weighted by Gasteiger charge is -2.22. The summed E-state index contributed by atoms with van der Waals surface area (Å²) in [5.41, 5.74) is -1.47. The minimum atomic E-state index is -1.47. The van der Waals surface area contributed by atoms with Crippen LogP contribution in [0.1, 0.15) is 41.5 Å². The average molecular weight is 330 g/mol. The number of rotatable bonds is 11. The third-order valence-corrected chi connectivity index (χ3v) is 2.88. The molecule has 0 aromatic heterocycles. The molecule has 0 aromatic carbocycles. The van der Waals surface area contributed by atoms with Gasteiger partial charge in [0.1, 0.15) is 13.2 Å². The van der Waals surface area contributed by atoms with Gasteiger partial charge in [0.05, 0.1) is 25.4 Å². The number of carbonyl (C=O) groups is 2. The van der Waals surface area contributed by atoms with Crippen molar-refractivity contribution >= 4 is 11.9 Å². The van der Waals surface area contributed by atoms with Crippen LogP contribution in [0.2, 0.25) is 0 Å².